The molecule has 1 aromatic heterocycles. The highest BCUT2D eigenvalue weighted by molar-refractivity contribution is 5.15. The van der Waals surface area contributed by atoms with E-state index in [2.05, 4.69) is 11.9 Å². The first kappa shape index (κ1) is 11.1. The van der Waals surface area contributed by atoms with Gasteiger partial charge in [0, 0.05) is 0 Å². The van der Waals surface area contributed by atoms with Crippen LogP contribution >= 0.6 is 0 Å². The molecule has 0 aromatic carbocycles. The second kappa shape index (κ2) is 4.51. The van der Waals surface area contributed by atoms with Crippen molar-refractivity contribution in [1.29, 1.82) is 0 Å². The van der Waals surface area contributed by atoms with Gasteiger partial charge in [0.25, 0.3) is 0 Å². The fraction of sp³-hybridized carbons (Fsp3) is 0.545. The average Bonchev–Trinajstić information content (AvgIpc) is 2.19. The molecule has 2 N–H and O–H groups in total. The van der Waals surface area contributed by atoms with Crippen LogP contribution < -0.4 is 5.73 Å². The van der Waals surface area contributed by atoms with E-state index in [9.17, 15) is 4.39 Å². The van der Waals surface area contributed by atoms with Crippen LogP contribution in [0.1, 0.15) is 38.8 Å². The molecular formula is C11H17FN2. The Labute approximate surface area is 84.3 Å². The molecule has 0 aliphatic heterocycles. The Hall–Kier alpha value is -0.960. The molecule has 3 heteroatoms. The molecule has 1 atom stereocenters. The lowest BCUT2D eigenvalue weighted by molar-refractivity contribution is 0.377. The van der Waals surface area contributed by atoms with Crippen molar-refractivity contribution in [2.75, 3.05) is 0 Å². The summed E-state index contributed by atoms with van der Waals surface area (Å²) in [6.45, 7) is 4.11. The number of nitrogens with two attached hydrogens (primary N) is 1. The van der Waals surface area contributed by atoms with Crippen molar-refractivity contribution in [1.82, 2.24) is 4.98 Å². The van der Waals surface area contributed by atoms with Crippen LogP contribution in [0.5, 0.6) is 0 Å². The lowest BCUT2D eigenvalue weighted by Gasteiger charge is -2.26. The Morgan fingerprint density at radius 2 is 2.14 bits per heavy atom. The van der Waals surface area contributed by atoms with E-state index >= 15 is 0 Å². The van der Waals surface area contributed by atoms with E-state index in [4.69, 9.17) is 5.73 Å². The van der Waals surface area contributed by atoms with E-state index in [1.807, 2.05) is 6.92 Å². The van der Waals surface area contributed by atoms with Crippen molar-refractivity contribution in [2.45, 2.75) is 38.6 Å². The van der Waals surface area contributed by atoms with Crippen molar-refractivity contribution in [3.05, 3.63) is 29.8 Å². The Morgan fingerprint density at radius 1 is 1.43 bits per heavy atom. The smallest absolute Gasteiger partial charge is 0.141 e. The summed E-state index contributed by atoms with van der Waals surface area (Å²) in [7, 11) is 0. The molecular weight excluding hydrogens is 179 g/mol. The highest BCUT2D eigenvalue weighted by atomic mass is 19.1. The van der Waals surface area contributed by atoms with Crippen molar-refractivity contribution in [3.63, 3.8) is 0 Å². The highest BCUT2D eigenvalue weighted by Crippen LogP contribution is 2.25. The van der Waals surface area contributed by atoms with Gasteiger partial charge >= 0.3 is 0 Å². The van der Waals surface area contributed by atoms with Gasteiger partial charge in [-0.2, -0.15) is 0 Å². The molecule has 1 unspecified atom stereocenters. The van der Waals surface area contributed by atoms with E-state index < -0.39 is 5.54 Å². The van der Waals surface area contributed by atoms with Crippen molar-refractivity contribution in [2.24, 2.45) is 5.73 Å². The maximum Gasteiger partial charge on any atom is 0.141 e. The number of hydrogen-bond acceptors (Lipinski definition) is 2. The molecule has 1 heterocycles. The zero-order chi connectivity index (χ0) is 10.6. The van der Waals surface area contributed by atoms with Crippen LogP contribution in [-0.4, -0.2) is 4.98 Å². The topological polar surface area (TPSA) is 38.9 Å². The molecule has 1 aromatic rings. The summed E-state index contributed by atoms with van der Waals surface area (Å²) in [5, 5.41) is 0. The predicted molar refractivity (Wildman–Crippen MR) is 55.3 cm³/mol. The van der Waals surface area contributed by atoms with Crippen LogP contribution in [0.15, 0.2) is 18.3 Å². The van der Waals surface area contributed by atoms with E-state index in [1.54, 1.807) is 6.07 Å². The Balaban J connectivity index is 2.94. The second-order valence-corrected chi connectivity index (χ2v) is 3.62. The van der Waals surface area contributed by atoms with Crippen LogP contribution in [0.25, 0.3) is 0 Å². The van der Waals surface area contributed by atoms with E-state index in [-0.39, 0.29) is 5.82 Å². The molecule has 0 aliphatic rings. The lowest BCUT2D eigenvalue weighted by atomic mass is 9.88. The fourth-order valence-electron chi connectivity index (χ4n) is 1.60. The van der Waals surface area contributed by atoms with Gasteiger partial charge in [-0.05, 0) is 25.0 Å². The summed E-state index contributed by atoms with van der Waals surface area (Å²) >= 11 is 0. The molecule has 0 saturated heterocycles. The van der Waals surface area contributed by atoms with Gasteiger partial charge in [-0.15, -0.1) is 0 Å². The third-order valence-electron chi connectivity index (χ3n) is 2.56. The van der Waals surface area contributed by atoms with Crippen LogP contribution in [-0.2, 0) is 5.54 Å². The van der Waals surface area contributed by atoms with Crippen LogP contribution in [0.3, 0.4) is 0 Å². The SMILES string of the molecule is CCCC(N)(CC)c1ccc(F)cn1. The molecule has 14 heavy (non-hydrogen) atoms. The summed E-state index contributed by atoms with van der Waals surface area (Å²) in [4.78, 5) is 4.04. The first-order valence-electron chi connectivity index (χ1n) is 5.03. The minimum atomic E-state index is -0.400. The zero-order valence-corrected chi connectivity index (χ0v) is 8.76. The van der Waals surface area contributed by atoms with Gasteiger partial charge in [-0.1, -0.05) is 20.3 Å². The first-order chi connectivity index (χ1) is 6.62. The van der Waals surface area contributed by atoms with Gasteiger partial charge in [0.05, 0.1) is 17.4 Å². The van der Waals surface area contributed by atoms with Gasteiger partial charge in [-0.25, -0.2) is 4.39 Å². The van der Waals surface area contributed by atoms with E-state index in [1.165, 1.54) is 12.3 Å². The predicted octanol–water partition coefficient (Wildman–Crippen LogP) is 2.58. The van der Waals surface area contributed by atoms with Crippen LogP contribution in [0.4, 0.5) is 4.39 Å². The first-order valence-corrected chi connectivity index (χ1v) is 5.03. The normalized spacial score (nSPS) is 15.1. The van der Waals surface area contributed by atoms with Gasteiger partial charge in [0.15, 0.2) is 0 Å². The number of hydrogen-bond donors (Lipinski definition) is 1. The Morgan fingerprint density at radius 3 is 2.57 bits per heavy atom. The van der Waals surface area contributed by atoms with Gasteiger partial charge in [-0.3, -0.25) is 4.98 Å². The quantitative estimate of drug-likeness (QED) is 0.803. The molecule has 0 fully saturated rings. The molecule has 0 spiro atoms. The number of aromatic nitrogens is 1. The molecule has 1 rings (SSSR count). The van der Waals surface area contributed by atoms with Crippen molar-refractivity contribution in [3.8, 4) is 0 Å². The lowest BCUT2D eigenvalue weighted by Crippen LogP contribution is -2.36. The summed E-state index contributed by atoms with van der Waals surface area (Å²) in [6.07, 6.45) is 3.92. The van der Waals surface area contributed by atoms with Crippen LogP contribution in [0.2, 0.25) is 0 Å². The third kappa shape index (κ3) is 2.29. The van der Waals surface area contributed by atoms with Gasteiger partial charge in [0.1, 0.15) is 5.82 Å². The van der Waals surface area contributed by atoms with Crippen molar-refractivity contribution < 1.29 is 4.39 Å². The zero-order valence-electron chi connectivity index (χ0n) is 8.76. The fourth-order valence-corrected chi connectivity index (χ4v) is 1.60. The average molecular weight is 196 g/mol. The van der Waals surface area contributed by atoms with E-state index in [0.717, 1.165) is 25.0 Å². The molecule has 0 radical (unpaired) electrons. The Bertz CT molecular complexity index is 284. The van der Waals surface area contributed by atoms with Crippen LogP contribution in [0, 0.1) is 5.82 Å². The molecule has 0 aliphatic carbocycles. The third-order valence-corrected chi connectivity index (χ3v) is 2.56. The molecule has 0 saturated carbocycles. The monoisotopic (exact) mass is 196 g/mol. The van der Waals surface area contributed by atoms with Crippen molar-refractivity contribution >= 4 is 0 Å². The highest BCUT2D eigenvalue weighted by Gasteiger charge is 2.25. The number of rotatable bonds is 4. The summed E-state index contributed by atoms with van der Waals surface area (Å²) in [6, 6.07) is 3.09. The molecule has 2 nitrogen and oxygen atoms in total. The second-order valence-electron chi connectivity index (χ2n) is 3.62. The molecule has 0 bridgehead atoms. The summed E-state index contributed by atoms with van der Waals surface area (Å²) in [5.74, 6) is -0.316. The maximum atomic E-state index is 12.7. The maximum absolute atomic E-state index is 12.7. The number of pyridine rings is 1. The minimum absolute atomic E-state index is 0.316. The van der Waals surface area contributed by atoms with Gasteiger partial charge in [0.2, 0.25) is 0 Å². The van der Waals surface area contributed by atoms with Gasteiger partial charge < -0.3 is 5.73 Å². The Kier molecular flexibility index (Phi) is 3.58. The molecule has 0 amide bonds. The largest absolute Gasteiger partial charge is 0.320 e. The summed E-state index contributed by atoms with van der Waals surface area (Å²) in [5.41, 5.74) is 6.57. The van der Waals surface area contributed by atoms with E-state index in [0.29, 0.717) is 0 Å². The minimum Gasteiger partial charge on any atom is -0.320 e. The summed E-state index contributed by atoms with van der Waals surface area (Å²) < 4.78 is 12.7. The number of halogens is 1. The number of nitrogens with zero attached hydrogens (tertiary/aromatic N) is 1. The standard InChI is InChI=1S/C11H17FN2/c1-3-7-11(13,4-2)10-6-5-9(12)8-14-10/h5-6,8H,3-4,7,13H2,1-2H3. The molecule has 78 valence electrons.